The zero-order valence-electron chi connectivity index (χ0n) is 24.9. The molecule has 0 saturated heterocycles. The summed E-state index contributed by atoms with van der Waals surface area (Å²) in [5.41, 5.74) is 1.91. The molecule has 43 heavy (non-hydrogen) atoms. The first-order chi connectivity index (χ1) is 20.1. The average molecular weight is 624 g/mol. The van der Waals surface area contributed by atoms with Crippen molar-refractivity contribution >= 4 is 66.2 Å². The monoisotopic (exact) mass is 623 g/mol. The Kier molecular flexibility index (Phi) is 8.79. The molecule has 2 aromatic carbocycles. The van der Waals surface area contributed by atoms with Crippen LogP contribution in [0, 0.1) is 0 Å². The number of pyridine rings is 1. The number of thiophene rings is 1. The van der Waals surface area contributed by atoms with Crippen LogP contribution in [0.15, 0.2) is 54.9 Å². The van der Waals surface area contributed by atoms with Gasteiger partial charge in [0.05, 0.1) is 51.1 Å². The zero-order chi connectivity index (χ0) is 31.7. The highest BCUT2D eigenvalue weighted by Gasteiger charge is 2.23. The summed E-state index contributed by atoms with van der Waals surface area (Å²) in [6.07, 6.45) is 3.82. The third-order valence-corrected chi connectivity index (χ3v) is 8.15. The third kappa shape index (κ3) is 7.30. The highest BCUT2D eigenvalue weighted by Crippen LogP contribution is 2.40. The summed E-state index contributed by atoms with van der Waals surface area (Å²) in [5.74, 6) is -0.999. The molecule has 226 valence electrons. The van der Waals surface area contributed by atoms with Crippen LogP contribution in [-0.2, 0) is 15.4 Å². The summed E-state index contributed by atoms with van der Waals surface area (Å²) in [6.45, 7) is 5.91. The minimum atomic E-state index is -3.63. The molecule has 0 atom stereocenters. The summed E-state index contributed by atoms with van der Waals surface area (Å²) in [5, 5.41) is 6.46. The first-order valence-electron chi connectivity index (χ1n) is 13.1. The maximum absolute atomic E-state index is 13.5. The van der Waals surface area contributed by atoms with Gasteiger partial charge >= 0.3 is 0 Å². The number of amides is 3. The van der Waals surface area contributed by atoms with E-state index in [4.69, 9.17) is 4.74 Å². The predicted molar refractivity (Wildman–Crippen MR) is 170 cm³/mol. The van der Waals surface area contributed by atoms with Crippen molar-refractivity contribution in [3.63, 3.8) is 0 Å². The number of hydrogen-bond acceptors (Lipinski definition) is 8. The molecule has 11 nitrogen and oxygen atoms in total. The SMILES string of the molecule is COc1c(NC(=O)c2cc3cccc(NC(=O)c4cncc(C(=O)N(C)C)c4)c3s2)cc(C(C)(C)C)cc1NS(C)(=O)=O. The van der Waals surface area contributed by atoms with Gasteiger partial charge in [-0.05, 0) is 46.7 Å². The fraction of sp³-hybridized carbons (Fsp3) is 0.267. The van der Waals surface area contributed by atoms with Crippen LogP contribution in [0.2, 0.25) is 0 Å². The lowest BCUT2D eigenvalue weighted by Crippen LogP contribution is -2.22. The van der Waals surface area contributed by atoms with Crippen LogP contribution < -0.4 is 20.1 Å². The van der Waals surface area contributed by atoms with Gasteiger partial charge in [-0.25, -0.2) is 8.42 Å². The fourth-order valence-electron chi connectivity index (χ4n) is 4.24. The number of carbonyl (C=O) groups excluding carboxylic acids is 3. The molecule has 0 aliphatic heterocycles. The van der Waals surface area contributed by atoms with Crippen molar-refractivity contribution in [1.29, 1.82) is 0 Å². The molecule has 0 bridgehead atoms. The van der Waals surface area contributed by atoms with Crippen molar-refractivity contribution < 1.29 is 27.5 Å². The maximum Gasteiger partial charge on any atom is 0.265 e. The number of carbonyl (C=O) groups is 3. The van der Waals surface area contributed by atoms with E-state index in [9.17, 15) is 22.8 Å². The first-order valence-corrected chi connectivity index (χ1v) is 15.8. The molecule has 0 spiro atoms. The molecular formula is C30H33N5O6S2. The molecule has 3 N–H and O–H groups in total. The maximum atomic E-state index is 13.5. The number of methoxy groups -OCH3 is 1. The second kappa shape index (κ2) is 12.0. The number of fused-ring (bicyclic) bond motifs is 1. The van der Waals surface area contributed by atoms with E-state index < -0.39 is 21.8 Å². The van der Waals surface area contributed by atoms with Crippen LogP contribution in [0.25, 0.3) is 10.1 Å². The second-order valence-electron chi connectivity index (χ2n) is 11.1. The Morgan fingerprint density at radius 1 is 0.907 bits per heavy atom. The number of sulfonamides is 1. The van der Waals surface area contributed by atoms with E-state index in [0.29, 0.717) is 21.0 Å². The van der Waals surface area contributed by atoms with Gasteiger partial charge in [0.25, 0.3) is 17.7 Å². The minimum Gasteiger partial charge on any atom is -0.492 e. The van der Waals surface area contributed by atoms with Gasteiger partial charge in [0.15, 0.2) is 5.75 Å². The quantitative estimate of drug-likeness (QED) is 0.245. The number of aromatic nitrogens is 1. The second-order valence-corrected chi connectivity index (χ2v) is 13.9. The number of ether oxygens (including phenoxy) is 1. The van der Waals surface area contributed by atoms with Crippen LogP contribution in [0.5, 0.6) is 5.75 Å². The molecule has 0 aliphatic carbocycles. The lowest BCUT2D eigenvalue weighted by atomic mass is 9.86. The Bertz CT molecular complexity index is 1840. The van der Waals surface area contributed by atoms with Gasteiger partial charge in [-0.1, -0.05) is 32.9 Å². The Morgan fingerprint density at radius 3 is 2.19 bits per heavy atom. The smallest absolute Gasteiger partial charge is 0.265 e. The van der Waals surface area contributed by atoms with Gasteiger partial charge in [-0.2, -0.15) is 0 Å². The van der Waals surface area contributed by atoms with E-state index in [1.54, 1.807) is 44.4 Å². The van der Waals surface area contributed by atoms with Gasteiger partial charge in [-0.3, -0.25) is 24.1 Å². The highest BCUT2D eigenvalue weighted by atomic mass is 32.2. The van der Waals surface area contributed by atoms with E-state index in [-0.39, 0.29) is 33.9 Å². The zero-order valence-corrected chi connectivity index (χ0v) is 26.5. The van der Waals surface area contributed by atoms with Gasteiger partial charge < -0.3 is 20.3 Å². The number of anilines is 3. The van der Waals surface area contributed by atoms with Crippen LogP contribution in [0.1, 0.15) is 56.7 Å². The summed E-state index contributed by atoms with van der Waals surface area (Å²) in [4.78, 5) is 44.7. The van der Waals surface area contributed by atoms with Crippen molar-refractivity contribution in [2.75, 3.05) is 42.8 Å². The standard InChI is InChI=1S/C30H33N5O6S2/c1-30(2,3)20-13-22(25(41-6)23(14-20)34-43(7,39)40)33-28(37)24-12-17-9-8-10-21(26(17)42-24)32-27(36)18-11-19(16-31-15-18)29(38)35(4)5/h8-16,34H,1-7H3,(H,32,36)(H,33,37). The fourth-order valence-corrected chi connectivity index (χ4v) is 5.82. The summed E-state index contributed by atoms with van der Waals surface area (Å²) < 4.78 is 32.8. The van der Waals surface area contributed by atoms with Crippen molar-refractivity contribution in [2.24, 2.45) is 0 Å². The minimum absolute atomic E-state index is 0.171. The molecule has 2 heterocycles. The molecule has 3 amide bonds. The van der Waals surface area contributed by atoms with Gasteiger partial charge in [0.1, 0.15) is 0 Å². The molecule has 0 unspecified atom stereocenters. The molecule has 4 aromatic rings. The summed E-state index contributed by atoms with van der Waals surface area (Å²) in [6, 6.07) is 11.9. The Hall–Kier alpha value is -4.49. The van der Waals surface area contributed by atoms with Crippen molar-refractivity contribution in [3.05, 3.63) is 76.4 Å². The molecule has 0 saturated carbocycles. The normalized spacial score (nSPS) is 11.6. The van der Waals surface area contributed by atoms with E-state index in [1.807, 2.05) is 26.8 Å². The molecule has 0 fully saturated rings. The van der Waals surface area contributed by atoms with E-state index in [2.05, 4.69) is 20.3 Å². The van der Waals surface area contributed by atoms with Crippen molar-refractivity contribution in [2.45, 2.75) is 26.2 Å². The number of hydrogen-bond donors (Lipinski definition) is 3. The molecule has 0 radical (unpaired) electrons. The molecular weight excluding hydrogens is 590 g/mol. The predicted octanol–water partition coefficient (Wildman–Crippen LogP) is 5.18. The lowest BCUT2D eigenvalue weighted by Gasteiger charge is -2.23. The van der Waals surface area contributed by atoms with E-state index in [0.717, 1.165) is 17.2 Å². The van der Waals surface area contributed by atoms with Gasteiger partial charge in [-0.15, -0.1) is 11.3 Å². The largest absolute Gasteiger partial charge is 0.492 e. The first kappa shape index (κ1) is 31.4. The van der Waals surface area contributed by atoms with Crippen molar-refractivity contribution in [3.8, 4) is 5.75 Å². The summed E-state index contributed by atoms with van der Waals surface area (Å²) in [7, 11) is 0.992. The number of nitrogens with one attached hydrogen (secondary N) is 3. The van der Waals surface area contributed by atoms with Crippen LogP contribution in [0.4, 0.5) is 17.1 Å². The Morgan fingerprint density at radius 2 is 1.56 bits per heavy atom. The Balaban J connectivity index is 1.65. The average Bonchev–Trinajstić information content (AvgIpc) is 3.37. The van der Waals surface area contributed by atoms with Gasteiger partial charge in [0.2, 0.25) is 10.0 Å². The molecule has 2 aromatic heterocycles. The number of benzene rings is 2. The van der Waals surface area contributed by atoms with Crippen molar-refractivity contribution in [1.82, 2.24) is 9.88 Å². The number of nitrogens with zero attached hydrogens (tertiary/aromatic N) is 2. The van der Waals surface area contributed by atoms with E-state index >= 15 is 0 Å². The Labute approximate surface area is 254 Å². The van der Waals surface area contributed by atoms with Crippen LogP contribution in [0.3, 0.4) is 0 Å². The summed E-state index contributed by atoms with van der Waals surface area (Å²) >= 11 is 1.18. The van der Waals surface area contributed by atoms with Gasteiger partial charge in [0, 0.05) is 26.5 Å². The molecule has 13 heteroatoms. The van der Waals surface area contributed by atoms with Crippen LogP contribution >= 0.6 is 11.3 Å². The van der Waals surface area contributed by atoms with Crippen LogP contribution in [-0.4, -0.2) is 63.5 Å². The third-order valence-electron chi connectivity index (χ3n) is 6.37. The topological polar surface area (TPSA) is 147 Å². The lowest BCUT2D eigenvalue weighted by molar-refractivity contribution is 0.0827. The van der Waals surface area contributed by atoms with E-state index in [1.165, 1.54) is 41.8 Å². The molecule has 0 aliphatic rings. The number of rotatable bonds is 8. The molecule has 4 rings (SSSR count). The highest BCUT2D eigenvalue weighted by molar-refractivity contribution is 7.92.